The van der Waals surface area contributed by atoms with Crippen LogP contribution in [0.5, 0.6) is 11.5 Å². The van der Waals surface area contributed by atoms with Crippen molar-refractivity contribution in [3.05, 3.63) is 120 Å². The summed E-state index contributed by atoms with van der Waals surface area (Å²) in [6.45, 7) is 6.51. The number of fused-ring (bicyclic) bond motifs is 6. The van der Waals surface area contributed by atoms with Crippen LogP contribution in [0.15, 0.2) is 98.6 Å². The Morgan fingerprint density at radius 3 is 1.57 bits per heavy atom. The smallest absolute Gasteiger partial charge is 0.327 e. The van der Waals surface area contributed by atoms with Crippen molar-refractivity contribution in [2.45, 2.75) is 87.7 Å². The van der Waals surface area contributed by atoms with E-state index >= 15 is 0 Å². The quantitative estimate of drug-likeness (QED) is 0.0608. The fourth-order valence-electron chi connectivity index (χ4n) is 9.56. The number of halogens is 4. The van der Waals surface area contributed by atoms with Crippen LogP contribution in [0.4, 0.5) is 43.2 Å². The zero-order chi connectivity index (χ0) is 48.9. The van der Waals surface area contributed by atoms with Gasteiger partial charge in [-0.1, -0.05) is 36.4 Å². The van der Waals surface area contributed by atoms with E-state index in [0.717, 1.165) is 42.7 Å². The number of piperidine rings is 2. The van der Waals surface area contributed by atoms with Crippen LogP contribution in [0.1, 0.15) is 51.4 Å². The predicted molar refractivity (Wildman–Crippen MR) is 266 cm³/mol. The predicted octanol–water partition coefficient (Wildman–Crippen LogP) is 10.3. The molecule has 19 heteroatoms. The standard InChI is InChI=1S/C25H25ClFN5O2.C22H23ClFN5O.C3H4O2/c1-3-24(33)31-22-11-18-21(12-23(22)34-17-9-15-5-6-16(10-17)32(15)2)28-13-29-25(18)30-14-4-7-20(27)19(26)8-14;1-29-13-3-4-14(29)8-15(7-13)30-21-10-20-16(9-19(21)25)22(27-11-26-20)28-12-2-5-18(24)17(23)6-12;1-2-3(4)5/h3-4,7-8,11-13,15-17H,1,5-6,9-10H2,2H3,(H,31,33)(H,28,29,30);2,5-6,9-11,13-15H,3-4,7-8,25H2,1H3,(H,26,27,28);2H,1H2,(H,4,5). The Hall–Kier alpha value is -6.66. The first-order valence-electron chi connectivity index (χ1n) is 22.5. The zero-order valence-electron chi connectivity index (χ0n) is 38.0. The molecule has 0 saturated carbocycles. The van der Waals surface area contributed by atoms with Crippen molar-refractivity contribution in [2.75, 3.05) is 35.8 Å². The molecular formula is C50H52Cl2F2N10O5. The summed E-state index contributed by atoms with van der Waals surface area (Å²) in [5, 5.41) is 18.2. The van der Waals surface area contributed by atoms with Gasteiger partial charge in [0.25, 0.3) is 0 Å². The summed E-state index contributed by atoms with van der Waals surface area (Å²) in [6, 6.07) is 18.3. The number of nitrogen functional groups attached to an aromatic ring is 1. The lowest BCUT2D eigenvalue weighted by atomic mass is 10.0. The summed E-state index contributed by atoms with van der Waals surface area (Å²) < 4.78 is 39.8. The molecule has 360 valence electrons. The molecule has 2 aromatic heterocycles. The van der Waals surface area contributed by atoms with Crippen LogP contribution in [0, 0.1) is 11.6 Å². The summed E-state index contributed by atoms with van der Waals surface area (Å²) in [4.78, 5) is 43.8. The van der Waals surface area contributed by atoms with Crippen molar-refractivity contribution in [2.24, 2.45) is 0 Å². The number of carbonyl (C=O) groups excluding carboxylic acids is 1. The third kappa shape index (κ3) is 11.5. The Morgan fingerprint density at radius 2 is 1.13 bits per heavy atom. The number of carboxylic acid groups (broad SMARTS) is 1. The van der Waals surface area contributed by atoms with Gasteiger partial charge < -0.3 is 46.1 Å². The number of benzene rings is 4. The molecule has 4 aliphatic rings. The highest BCUT2D eigenvalue weighted by Crippen LogP contribution is 2.41. The molecule has 15 nitrogen and oxygen atoms in total. The minimum atomic E-state index is -0.981. The van der Waals surface area contributed by atoms with Crippen molar-refractivity contribution in [3.8, 4) is 11.5 Å². The minimum Gasteiger partial charge on any atom is -0.488 e. The van der Waals surface area contributed by atoms with Gasteiger partial charge >= 0.3 is 5.97 Å². The van der Waals surface area contributed by atoms with E-state index < -0.39 is 17.6 Å². The second-order valence-electron chi connectivity index (χ2n) is 17.5. The third-order valence-electron chi connectivity index (χ3n) is 13.2. The summed E-state index contributed by atoms with van der Waals surface area (Å²) in [5.74, 6) is -0.0169. The number of hydrogen-bond acceptors (Lipinski definition) is 13. The van der Waals surface area contributed by atoms with Gasteiger partial charge in [0.15, 0.2) is 0 Å². The van der Waals surface area contributed by atoms with Gasteiger partial charge in [0, 0.05) is 64.5 Å². The molecule has 4 saturated heterocycles. The average Bonchev–Trinajstić information content (AvgIpc) is 3.63. The molecule has 0 spiro atoms. The number of rotatable bonds is 11. The van der Waals surface area contributed by atoms with Crippen LogP contribution in [-0.2, 0) is 9.59 Å². The molecule has 6 N–H and O–H groups in total. The van der Waals surface area contributed by atoms with E-state index in [2.05, 4.69) is 72.9 Å². The van der Waals surface area contributed by atoms with Crippen LogP contribution in [0.3, 0.4) is 0 Å². The van der Waals surface area contributed by atoms with E-state index in [1.165, 1.54) is 68.7 Å². The third-order valence-corrected chi connectivity index (χ3v) is 13.8. The van der Waals surface area contributed by atoms with Crippen LogP contribution in [0.25, 0.3) is 21.8 Å². The Balaban J connectivity index is 0.000000171. The number of carboxylic acids is 1. The van der Waals surface area contributed by atoms with Gasteiger partial charge in [0.2, 0.25) is 5.91 Å². The van der Waals surface area contributed by atoms with Gasteiger partial charge in [-0.3, -0.25) is 4.79 Å². The molecule has 4 atom stereocenters. The van der Waals surface area contributed by atoms with Gasteiger partial charge in [-0.05, 0) is 120 Å². The number of nitrogens with two attached hydrogens (primary N) is 1. The summed E-state index contributed by atoms with van der Waals surface area (Å²) in [5.41, 5.74) is 9.96. The Morgan fingerprint density at radius 1 is 0.696 bits per heavy atom. The Labute approximate surface area is 407 Å². The number of aliphatic carboxylic acids is 1. The molecule has 4 aromatic carbocycles. The maximum Gasteiger partial charge on any atom is 0.327 e. The van der Waals surface area contributed by atoms with Crippen molar-refractivity contribution < 1.29 is 33.0 Å². The SMILES string of the molecule is C=CC(=O)Nc1cc2c(Nc3ccc(F)c(Cl)c3)ncnc2cc1OC1CC2CCC(C1)N2C.C=CC(=O)O.CN1C2CCC1CC(Oc1cc3ncnc(Nc4ccc(F)c(Cl)c4)c3cc1N)C2. The first-order valence-corrected chi connectivity index (χ1v) is 23.2. The van der Waals surface area contributed by atoms with Crippen LogP contribution >= 0.6 is 23.2 Å². The van der Waals surface area contributed by atoms with E-state index in [1.54, 1.807) is 18.2 Å². The maximum absolute atomic E-state index is 13.6. The normalized spacial score (nSPS) is 21.5. The number of anilines is 6. The fraction of sp³-hybridized carbons (Fsp3) is 0.320. The van der Waals surface area contributed by atoms with Crippen molar-refractivity contribution in [1.82, 2.24) is 29.7 Å². The summed E-state index contributed by atoms with van der Waals surface area (Å²) in [6.07, 6.45) is 14.0. The molecule has 4 aliphatic heterocycles. The number of nitrogens with zero attached hydrogens (tertiary/aromatic N) is 6. The van der Waals surface area contributed by atoms with E-state index in [-0.39, 0.29) is 28.2 Å². The molecule has 4 unspecified atom stereocenters. The second-order valence-corrected chi connectivity index (χ2v) is 18.3. The van der Waals surface area contributed by atoms with Crippen LogP contribution in [-0.4, -0.2) is 97.2 Å². The van der Waals surface area contributed by atoms with Gasteiger partial charge in [-0.2, -0.15) is 0 Å². The lowest BCUT2D eigenvalue weighted by Gasteiger charge is -2.36. The van der Waals surface area contributed by atoms with Crippen molar-refractivity contribution in [1.29, 1.82) is 0 Å². The molecule has 10 rings (SSSR count). The number of amides is 1. The molecule has 6 aromatic rings. The number of ether oxygens (including phenoxy) is 2. The lowest BCUT2D eigenvalue weighted by Crippen LogP contribution is -2.43. The number of aromatic nitrogens is 4. The molecule has 4 fully saturated rings. The number of nitrogens with one attached hydrogen (secondary N) is 3. The van der Waals surface area contributed by atoms with Crippen LogP contribution in [0.2, 0.25) is 10.0 Å². The van der Waals surface area contributed by atoms with E-state index in [9.17, 15) is 18.4 Å². The second kappa shape index (κ2) is 21.3. The topological polar surface area (TPSA) is 193 Å². The van der Waals surface area contributed by atoms with Gasteiger partial charge in [-0.25, -0.2) is 33.5 Å². The first kappa shape index (κ1) is 48.8. The van der Waals surface area contributed by atoms with Gasteiger partial charge in [0.05, 0.1) is 32.5 Å². The lowest BCUT2D eigenvalue weighted by molar-refractivity contribution is -0.131. The first-order chi connectivity index (χ1) is 33.2. The highest BCUT2D eigenvalue weighted by Gasteiger charge is 2.40. The molecule has 1 amide bonds. The molecule has 69 heavy (non-hydrogen) atoms. The monoisotopic (exact) mass is 980 g/mol. The fourth-order valence-corrected chi connectivity index (χ4v) is 9.92. The highest BCUT2D eigenvalue weighted by atomic mass is 35.5. The number of hydrogen-bond donors (Lipinski definition) is 5. The van der Waals surface area contributed by atoms with Crippen molar-refractivity contribution in [3.63, 3.8) is 0 Å². The average molecular weight is 982 g/mol. The minimum absolute atomic E-state index is 0.00470. The van der Waals surface area contributed by atoms with E-state index in [1.807, 2.05) is 18.2 Å². The van der Waals surface area contributed by atoms with Crippen molar-refractivity contribution >= 4 is 91.3 Å². The van der Waals surface area contributed by atoms with Crippen LogP contribution < -0.4 is 31.2 Å². The van der Waals surface area contributed by atoms with Gasteiger partial charge in [-0.15, -0.1) is 0 Å². The summed E-state index contributed by atoms with van der Waals surface area (Å²) in [7, 11) is 4.40. The number of carbonyl (C=O) groups is 2. The molecule has 6 heterocycles. The Kier molecular flexibility index (Phi) is 15.1. The molecule has 4 bridgehead atoms. The molecular weight excluding hydrogens is 930 g/mol. The van der Waals surface area contributed by atoms with E-state index in [4.69, 9.17) is 43.5 Å². The zero-order valence-corrected chi connectivity index (χ0v) is 39.5. The van der Waals surface area contributed by atoms with E-state index in [0.29, 0.717) is 81.0 Å². The Bertz CT molecular complexity index is 2890. The largest absolute Gasteiger partial charge is 0.488 e. The molecule has 0 radical (unpaired) electrons. The summed E-state index contributed by atoms with van der Waals surface area (Å²) >= 11 is 11.8. The highest BCUT2D eigenvalue weighted by molar-refractivity contribution is 6.31. The molecule has 0 aliphatic carbocycles. The maximum atomic E-state index is 13.6. The van der Waals surface area contributed by atoms with Gasteiger partial charge in [0.1, 0.15) is 59.6 Å².